The quantitative estimate of drug-likeness (QED) is 0.339. The summed E-state index contributed by atoms with van der Waals surface area (Å²) in [5, 5.41) is 41.5. The lowest BCUT2D eigenvalue weighted by atomic mass is 9.89. The first-order valence-corrected chi connectivity index (χ1v) is 12.8. The van der Waals surface area contributed by atoms with E-state index in [0.29, 0.717) is 24.0 Å². The summed E-state index contributed by atoms with van der Waals surface area (Å²) < 4.78 is 5.79. The third kappa shape index (κ3) is 10.9. The van der Waals surface area contributed by atoms with E-state index in [9.17, 15) is 30.0 Å². The fourth-order valence-electron chi connectivity index (χ4n) is 3.90. The molecule has 0 bridgehead atoms. The van der Waals surface area contributed by atoms with Crippen LogP contribution in [-0.2, 0) is 14.3 Å². The van der Waals surface area contributed by atoms with E-state index in [1.807, 2.05) is 13.8 Å². The van der Waals surface area contributed by atoms with Crippen molar-refractivity contribution in [3.8, 4) is 0 Å². The summed E-state index contributed by atoms with van der Waals surface area (Å²) in [4.78, 5) is 25.4. The summed E-state index contributed by atoms with van der Waals surface area (Å²) in [5.74, 6) is -1.61. The predicted octanol–water partition coefficient (Wildman–Crippen LogP) is 3.81. The number of hydrogen-bond donors (Lipinski definition) is 4. The number of esters is 1. The molecule has 0 radical (unpaired) electrons. The summed E-state index contributed by atoms with van der Waals surface area (Å²) >= 11 is 0. The first kappa shape index (κ1) is 32.0. The molecule has 0 saturated carbocycles. The Morgan fingerprint density at radius 1 is 1.08 bits per heavy atom. The summed E-state index contributed by atoms with van der Waals surface area (Å²) in [6, 6.07) is 0. The minimum Gasteiger partial charge on any atom is -0.459 e. The van der Waals surface area contributed by atoms with Gasteiger partial charge in [0.15, 0.2) is 5.78 Å². The number of ether oxygens (including phenoxy) is 1. The van der Waals surface area contributed by atoms with Crippen LogP contribution in [0.15, 0.2) is 47.6 Å². The molecular formula is C29H46O7. The zero-order valence-electron chi connectivity index (χ0n) is 22.8. The summed E-state index contributed by atoms with van der Waals surface area (Å²) in [5.41, 5.74) is -0.411. The SMILES string of the molecule is C/C1=C/C(=O)[C@](C)(O)/C=C/C[C@H](C)[C@@H](C[C@H](C)[C@H](C)O)OC(=O)/C=C(/C)[C@@H](C)[C@H](O)/C=C/CC(O)C1. The zero-order valence-corrected chi connectivity index (χ0v) is 22.8. The molecule has 7 heteroatoms. The van der Waals surface area contributed by atoms with E-state index in [4.69, 9.17) is 4.74 Å². The van der Waals surface area contributed by atoms with Crippen molar-refractivity contribution in [2.45, 2.75) is 104 Å². The van der Waals surface area contributed by atoms with Crippen LogP contribution < -0.4 is 0 Å². The zero-order chi connectivity index (χ0) is 27.6. The molecule has 1 aliphatic rings. The molecule has 204 valence electrons. The number of aliphatic hydroxyl groups excluding tert-OH is 3. The van der Waals surface area contributed by atoms with Crippen molar-refractivity contribution in [1.29, 1.82) is 0 Å². The Balaban J connectivity index is 3.30. The molecule has 1 aliphatic heterocycles. The van der Waals surface area contributed by atoms with Gasteiger partial charge in [0.25, 0.3) is 0 Å². The Hall–Kier alpha value is -2.06. The Labute approximate surface area is 216 Å². The van der Waals surface area contributed by atoms with E-state index in [0.717, 1.165) is 0 Å². The third-order valence-corrected chi connectivity index (χ3v) is 7.03. The van der Waals surface area contributed by atoms with Crippen molar-refractivity contribution in [3.63, 3.8) is 0 Å². The van der Waals surface area contributed by atoms with Gasteiger partial charge in [0.05, 0.1) is 18.3 Å². The number of aliphatic hydroxyl groups is 4. The van der Waals surface area contributed by atoms with Crippen LogP contribution in [0.4, 0.5) is 0 Å². The molecule has 0 aromatic rings. The van der Waals surface area contributed by atoms with Gasteiger partial charge >= 0.3 is 5.97 Å². The number of carbonyl (C=O) groups excluding carboxylic acids is 2. The van der Waals surface area contributed by atoms with E-state index >= 15 is 0 Å². The first-order chi connectivity index (χ1) is 16.6. The van der Waals surface area contributed by atoms with Crippen molar-refractivity contribution >= 4 is 11.8 Å². The number of ketones is 1. The molecule has 8 atom stereocenters. The fourth-order valence-corrected chi connectivity index (χ4v) is 3.90. The molecule has 0 fully saturated rings. The lowest BCUT2D eigenvalue weighted by Gasteiger charge is -2.27. The molecule has 7 nitrogen and oxygen atoms in total. The lowest BCUT2D eigenvalue weighted by Crippen LogP contribution is -2.32. The van der Waals surface area contributed by atoms with E-state index in [2.05, 4.69) is 0 Å². The second kappa shape index (κ2) is 14.6. The van der Waals surface area contributed by atoms with Crippen molar-refractivity contribution in [2.24, 2.45) is 17.8 Å². The van der Waals surface area contributed by atoms with Gasteiger partial charge in [-0.3, -0.25) is 4.79 Å². The van der Waals surface area contributed by atoms with E-state index < -0.39 is 41.8 Å². The molecule has 0 aromatic heterocycles. The molecule has 0 aromatic carbocycles. The van der Waals surface area contributed by atoms with Crippen molar-refractivity contribution in [3.05, 3.63) is 47.6 Å². The molecule has 0 spiro atoms. The summed E-state index contributed by atoms with van der Waals surface area (Å²) in [6.07, 6.45) is 7.92. The van der Waals surface area contributed by atoms with Crippen LogP contribution in [0.1, 0.15) is 74.1 Å². The van der Waals surface area contributed by atoms with Gasteiger partial charge in [-0.25, -0.2) is 4.79 Å². The summed E-state index contributed by atoms with van der Waals surface area (Å²) in [6.45, 7) is 12.2. The van der Waals surface area contributed by atoms with Gasteiger partial charge in [-0.15, -0.1) is 0 Å². The number of cyclic esters (lactones) is 1. The first-order valence-electron chi connectivity index (χ1n) is 12.8. The van der Waals surface area contributed by atoms with Gasteiger partial charge in [0.2, 0.25) is 0 Å². The van der Waals surface area contributed by atoms with Gasteiger partial charge in [-0.05, 0) is 77.4 Å². The van der Waals surface area contributed by atoms with Crippen LogP contribution in [-0.4, -0.2) is 62.2 Å². The Morgan fingerprint density at radius 2 is 1.72 bits per heavy atom. The highest BCUT2D eigenvalue weighted by Crippen LogP contribution is 2.24. The average Bonchev–Trinajstić information content (AvgIpc) is 2.76. The van der Waals surface area contributed by atoms with Crippen LogP contribution in [0.2, 0.25) is 0 Å². The molecule has 1 heterocycles. The van der Waals surface area contributed by atoms with Crippen LogP contribution in [0, 0.1) is 17.8 Å². The second-order valence-corrected chi connectivity index (χ2v) is 10.7. The average molecular weight is 507 g/mol. The Morgan fingerprint density at radius 3 is 2.33 bits per heavy atom. The fraction of sp³-hybridized carbons (Fsp3) is 0.655. The minimum atomic E-state index is -1.72. The molecule has 36 heavy (non-hydrogen) atoms. The van der Waals surface area contributed by atoms with E-state index in [-0.39, 0.29) is 30.6 Å². The highest BCUT2D eigenvalue weighted by atomic mass is 16.5. The molecule has 1 unspecified atom stereocenters. The topological polar surface area (TPSA) is 124 Å². The highest BCUT2D eigenvalue weighted by Gasteiger charge is 2.28. The number of hydrogen-bond acceptors (Lipinski definition) is 7. The predicted molar refractivity (Wildman–Crippen MR) is 141 cm³/mol. The van der Waals surface area contributed by atoms with Crippen LogP contribution in [0.5, 0.6) is 0 Å². The maximum Gasteiger partial charge on any atom is 0.330 e. The van der Waals surface area contributed by atoms with Crippen LogP contribution in [0.3, 0.4) is 0 Å². The molecule has 0 aliphatic carbocycles. The van der Waals surface area contributed by atoms with Crippen molar-refractivity contribution < 1.29 is 34.8 Å². The maximum atomic E-state index is 12.7. The Kier molecular flexibility index (Phi) is 13.0. The van der Waals surface area contributed by atoms with Gasteiger partial charge in [-0.2, -0.15) is 0 Å². The normalized spacial score (nSPS) is 38.5. The van der Waals surface area contributed by atoms with Gasteiger partial charge in [0, 0.05) is 12.0 Å². The minimum absolute atomic E-state index is 0.108. The smallest absolute Gasteiger partial charge is 0.330 e. The van der Waals surface area contributed by atoms with Crippen molar-refractivity contribution in [1.82, 2.24) is 0 Å². The van der Waals surface area contributed by atoms with Gasteiger partial charge < -0.3 is 25.2 Å². The largest absolute Gasteiger partial charge is 0.459 e. The van der Waals surface area contributed by atoms with E-state index in [1.165, 1.54) is 25.2 Å². The van der Waals surface area contributed by atoms with Gasteiger partial charge in [-0.1, -0.05) is 50.1 Å². The number of allylic oxidation sites excluding steroid dienone is 1. The number of carbonyl (C=O) groups is 2. The van der Waals surface area contributed by atoms with Gasteiger partial charge in [0.1, 0.15) is 11.7 Å². The monoisotopic (exact) mass is 506 g/mol. The molecule has 4 N–H and O–H groups in total. The highest BCUT2D eigenvalue weighted by molar-refractivity contribution is 5.98. The molecular weight excluding hydrogens is 460 g/mol. The maximum absolute atomic E-state index is 12.7. The van der Waals surface area contributed by atoms with Crippen molar-refractivity contribution in [2.75, 3.05) is 0 Å². The molecule has 0 amide bonds. The Bertz CT molecular complexity index is 850. The third-order valence-electron chi connectivity index (χ3n) is 7.03. The number of rotatable bonds is 3. The molecule has 1 rings (SSSR count). The second-order valence-electron chi connectivity index (χ2n) is 10.7. The van der Waals surface area contributed by atoms with Crippen LogP contribution in [0.25, 0.3) is 0 Å². The summed E-state index contributed by atoms with van der Waals surface area (Å²) in [7, 11) is 0. The van der Waals surface area contributed by atoms with Crippen LogP contribution >= 0.6 is 0 Å². The molecule has 0 saturated heterocycles. The standard InChI is InChI=1S/C29H46O7/c1-18-14-24(31)11-8-12-25(32)22(5)20(3)17-28(34)36-26(16-21(4)23(6)30)19(2)10-9-13-29(7,35)27(33)15-18/h8-9,12-13,15,17,19,21-26,30-32,35H,10-11,14,16H2,1-7H3/b12-8+,13-9+,18-15-,20-17-/t19-,21-,22+,23-,24?,25+,26+,29+/m0/s1. The lowest BCUT2D eigenvalue weighted by molar-refractivity contribution is -0.147. The van der Waals surface area contributed by atoms with E-state index in [1.54, 1.807) is 45.9 Å².